The summed E-state index contributed by atoms with van der Waals surface area (Å²) in [4.78, 5) is 7.11. The molecule has 0 atom stereocenters. The molecule has 2 rings (SSSR count). The van der Waals surface area contributed by atoms with Gasteiger partial charge in [-0.3, -0.25) is 5.41 Å². The van der Waals surface area contributed by atoms with Gasteiger partial charge >= 0.3 is 0 Å². The molecule has 84 valence electrons. The van der Waals surface area contributed by atoms with E-state index < -0.39 is 0 Å². The number of hydrogen-bond acceptors (Lipinski definition) is 6. The Morgan fingerprint density at radius 2 is 1.94 bits per heavy atom. The Morgan fingerprint density at radius 3 is 2.19 bits per heavy atom. The lowest BCUT2D eigenvalue weighted by Crippen LogP contribution is -2.10. The van der Waals surface area contributed by atoms with Crippen LogP contribution < -0.4 is 5.73 Å². The predicted octanol–water partition coefficient (Wildman–Crippen LogP) is 0.927. The highest BCUT2D eigenvalue weighted by atomic mass is 35.5. The molecule has 3 N–H and O–H groups in total. The highest BCUT2D eigenvalue weighted by molar-refractivity contribution is 5.90. The molecule has 2 heterocycles. The second-order valence-electron chi connectivity index (χ2n) is 2.20. The molecule has 0 aliphatic carbocycles. The van der Waals surface area contributed by atoms with Crippen LogP contribution in [0.4, 0.5) is 0 Å². The monoisotopic (exact) mass is 241 g/mol. The summed E-state index contributed by atoms with van der Waals surface area (Å²) in [6.07, 6.45) is 5.60. The van der Waals surface area contributed by atoms with Crippen molar-refractivity contribution in [2.45, 2.75) is 0 Å². The molecular weight excluding hydrogens is 234 g/mol. The van der Waals surface area contributed by atoms with E-state index in [1.807, 2.05) is 0 Å². The molecule has 0 unspecified atom stereocenters. The lowest BCUT2D eigenvalue weighted by molar-refractivity contribution is 0.542. The average molecular weight is 242 g/mol. The molecule has 0 spiro atoms. The van der Waals surface area contributed by atoms with E-state index in [1.54, 1.807) is 6.07 Å². The number of nitrogens with two attached hydrogens (primary N) is 1. The summed E-state index contributed by atoms with van der Waals surface area (Å²) >= 11 is 0. The molecule has 7 nitrogen and oxygen atoms in total. The highest BCUT2D eigenvalue weighted by Gasteiger charge is 1.96. The van der Waals surface area contributed by atoms with Gasteiger partial charge < -0.3 is 14.6 Å². The number of amidine groups is 1. The molecule has 0 bridgehead atoms. The number of oxazole rings is 2. The summed E-state index contributed by atoms with van der Waals surface area (Å²) in [6, 6.07) is 1.73. The first-order valence-corrected chi connectivity index (χ1v) is 3.77. The van der Waals surface area contributed by atoms with Crippen LogP contribution in [0.5, 0.6) is 0 Å². The van der Waals surface area contributed by atoms with Gasteiger partial charge in [-0.25, -0.2) is 9.97 Å². The molecule has 0 aliphatic heterocycles. The van der Waals surface area contributed by atoms with E-state index in [-0.39, 0.29) is 30.0 Å². The molecule has 8 heteroatoms. The van der Waals surface area contributed by atoms with Gasteiger partial charge in [-0.2, -0.15) is 5.26 Å². The number of nitriles is 1. The molecule has 0 amide bonds. The fraction of sp³-hybridized carbons (Fsp3) is 0. The van der Waals surface area contributed by atoms with Crippen molar-refractivity contribution in [2.24, 2.45) is 5.73 Å². The Kier molecular flexibility index (Phi) is 6.00. The van der Waals surface area contributed by atoms with Crippen molar-refractivity contribution >= 4 is 18.2 Å². The summed E-state index contributed by atoms with van der Waals surface area (Å²) in [7, 11) is 0. The summed E-state index contributed by atoms with van der Waals surface area (Å²) in [5.41, 5.74) is 4.99. The summed E-state index contributed by atoms with van der Waals surface area (Å²) in [6.45, 7) is 0. The first-order valence-electron chi connectivity index (χ1n) is 3.77. The molecule has 0 fully saturated rings. The Labute approximate surface area is 96.8 Å². The van der Waals surface area contributed by atoms with Crippen LogP contribution in [0.25, 0.3) is 0 Å². The molecule has 0 aliphatic rings. The van der Waals surface area contributed by atoms with E-state index in [2.05, 4.69) is 18.8 Å². The van der Waals surface area contributed by atoms with Gasteiger partial charge in [0.1, 0.15) is 12.5 Å². The largest absolute Gasteiger partial charge is 0.442 e. The minimum Gasteiger partial charge on any atom is -0.442 e. The van der Waals surface area contributed by atoms with Gasteiger partial charge in [-0.05, 0) is 0 Å². The zero-order valence-electron chi connectivity index (χ0n) is 7.95. The van der Waals surface area contributed by atoms with Gasteiger partial charge in [0, 0.05) is 0 Å². The average Bonchev–Trinajstić information content (AvgIpc) is 2.92. The second kappa shape index (κ2) is 7.03. The highest BCUT2D eigenvalue weighted by Crippen LogP contribution is 1.89. The third kappa shape index (κ3) is 4.26. The van der Waals surface area contributed by atoms with Crippen molar-refractivity contribution in [3.63, 3.8) is 0 Å². The fourth-order valence-corrected chi connectivity index (χ4v) is 0.635. The van der Waals surface area contributed by atoms with Crippen LogP contribution in [0.3, 0.4) is 0 Å². The number of aromatic nitrogens is 2. The van der Waals surface area contributed by atoms with Crippen LogP contribution in [0, 0.1) is 16.7 Å². The van der Waals surface area contributed by atoms with E-state index in [0.717, 1.165) is 0 Å². The minimum atomic E-state index is -0.144. The molecule has 0 aromatic carbocycles. The molecule has 0 saturated heterocycles. The minimum absolute atomic E-state index is 0. The van der Waals surface area contributed by atoms with Gasteiger partial charge in [-0.1, -0.05) is 0 Å². The quantitative estimate of drug-likeness (QED) is 0.565. The number of nitrogens with zero attached hydrogens (tertiary/aromatic N) is 3. The Morgan fingerprint density at radius 1 is 1.31 bits per heavy atom. The van der Waals surface area contributed by atoms with Crippen LogP contribution in [0.15, 0.2) is 33.8 Å². The summed E-state index contributed by atoms with van der Waals surface area (Å²) in [5, 5.41) is 14.8. The Bertz CT molecular complexity index is 445. The molecule has 16 heavy (non-hydrogen) atoms. The van der Waals surface area contributed by atoms with Crippen molar-refractivity contribution in [1.82, 2.24) is 9.97 Å². The maximum Gasteiger partial charge on any atom is 0.300 e. The third-order valence-electron chi connectivity index (χ3n) is 1.19. The van der Waals surface area contributed by atoms with Crippen LogP contribution in [0.1, 0.15) is 11.8 Å². The Balaban J connectivity index is 0.000000267. The van der Waals surface area contributed by atoms with Crippen molar-refractivity contribution < 1.29 is 8.83 Å². The number of nitrogens with one attached hydrogen (secondary N) is 1. The van der Waals surface area contributed by atoms with Gasteiger partial charge in [0.15, 0.2) is 11.9 Å². The van der Waals surface area contributed by atoms with Gasteiger partial charge in [-0.15, -0.1) is 12.4 Å². The molecule has 0 radical (unpaired) electrons. The van der Waals surface area contributed by atoms with Crippen LogP contribution in [0.2, 0.25) is 0 Å². The summed E-state index contributed by atoms with van der Waals surface area (Å²) < 4.78 is 9.14. The first-order chi connectivity index (χ1) is 7.24. The van der Waals surface area contributed by atoms with E-state index in [0.29, 0.717) is 0 Å². The molecular formula is C8H8ClN5O2. The number of rotatable bonds is 1. The van der Waals surface area contributed by atoms with E-state index in [4.69, 9.17) is 16.4 Å². The van der Waals surface area contributed by atoms with Crippen LogP contribution in [-0.4, -0.2) is 15.8 Å². The first kappa shape index (κ1) is 13.7. The maximum atomic E-state index is 8.02. The second-order valence-corrected chi connectivity index (χ2v) is 2.20. The smallest absolute Gasteiger partial charge is 0.300 e. The van der Waals surface area contributed by atoms with Crippen LogP contribution in [-0.2, 0) is 0 Å². The lowest BCUT2D eigenvalue weighted by atomic mass is 10.6. The number of halogens is 1. The lowest BCUT2D eigenvalue weighted by Gasteiger charge is -1.82. The Hall–Kier alpha value is -2.33. The van der Waals surface area contributed by atoms with Gasteiger partial charge in [0.25, 0.3) is 11.8 Å². The molecule has 2 aromatic rings. The molecule has 2 aromatic heterocycles. The van der Waals surface area contributed by atoms with Gasteiger partial charge in [0.2, 0.25) is 0 Å². The zero-order valence-corrected chi connectivity index (χ0v) is 8.77. The van der Waals surface area contributed by atoms with Gasteiger partial charge in [0.05, 0.1) is 12.4 Å². The normalized spacial score (nSPS) is 7.94. The van der Waals surface area contributed by atoms with Crippen molar-refractivity contribution in [1.29, 1.82) is 10.7 Å². The zero-order chi connectivity index (χ0) is 11.1. The van der Waals surface area contributed by atoms with E-state index in [1.165, 1.54) is 24.9 Å². The number of nitrogen functional groups attached to an aromatic ring is 1. The fourth-order valence-electron chi connectivity index (χ4n) is 0.635. The predicted molar refractivity (Wildman–Crippen MR) is 56.0 cm³/mol. The third-order valence-corrected chi connectivity index (χ3v) is 1.19. The SMILES string of the molecule is Cl.N#Cc1ncco1.N=C(N)c1ncco1. The van der Waals surface area contributed by atoms with E-state index in [9.17, 15) is 0 Å². The topological polar surface area (TPSA) is 126 Å². The van der Waals surface area contributed by atoms with Crippen LogP contribution >= 0.6 is 12.4 Å². The number of hydrogen-bond donors (Lipinski definition) is 2. The van der Waals surface area contributed by atoms with Crippen molar-refractivity contribution in [3.05, 3.63) is 36.7 Å². The molecule has 0 saturated carbocycles. The van der Waals surface area contributed by atoms with Crippen molar-refractivity contribution in [3.8, 4) is 6.07 Å². The standard InChI is InChI=1S/C4H5N3O.C4H2N2O.ClH/c5-3(6)4-7-1-2-8-4;5-3-4-6-1-2-7-4;/h1-2H,(H3,5,6);1-2H;1H. The maximum absolute atomic E-state index is 8.02. The van der Waals surface area contributed by atoms with E-state index >= 15 is 0 Å². The summed E-state index contributed by atoms with van der Waals surface area (Å²) in [5.74, 6) is 0.139. The van der Waals surface area contributed by atoms with Crippen molar-refractivity contribution in [2.75, 3.05) is 0 Å².